The Labute approximate surface area is 363 Å². The van der Waals surface area contributed by atoms with Crippen LogP contribution >= 0.6 is 46.7 Å². The molecule has 4 amide bonds. The molecule has 2 aromatic heterocycles. The van der Waals surface area contributed by atoms with Gasteiger partial charge in [0.1, 0.15) is 11.6 Å². The molecular formula is C44H43Cl2N9O2S2. The second kappa shape index (κ2) is 20.2. The molecule has 0 fully saturated rings. The molecule has 11 nitrogen and oxygen atoms in total. The lowest BCUT2D eigenvalue weighted by Crippen LogP contribution is -2.50. The number of likely N-dealkylation sites (N-methyl/N-ethyl adjacent to an activating group) is 1. The van der Waals surface area contributed by atoms with Crippen molar-refractivity contribution in [1.82, 2.24) is 24.8 Å². The van der Waals surface area contributed by atoms with Crippen LogP contribution in [0.1, 0.15) is 36.1 Å². The van der Waals surface area contributed by atoms with E-state index >= 15 is 0 Å². The number of hydrogen-bond acceptors (Lipinski definition) is 9. The topological polar surface area (TPSA) is 111 Å². The summed E-state index contributed by atoms with van der Waals surface area (Å²) >= 11 is 15.8. The van der Waals surface area contributed by atoms with Crippen molar-refractivity contribution in [3.8, 4) is 0 Å². The molecule has 0 aliphatic carbocycles. The van der Waals surface area contributed by atoms with Gasteiger partial charge in [-0.25, -0.2) is 29.5 Å². The number of thioether (sulfide) groups is 2. The summed E-state index contributed by atoms with van der Waals surface area (Å²) in [6.07, 6.45) is 3.61. The average molecular weight is 865 g/mol. The maximum absolute atomic E-state index is 13.6. The summed E-state index contributed by atoms with van der Waals surface area (Å²) in [5.74, 6) is 2.81. The van der Waals surface area contributed by atoms with E-state index in [4.69, 9.17) is 28.2 Å². The fraction of sp³-hybridized carbons (Fsp3) is 0.227. The third kappa shape index (κ3) is 10.5. The predicted molar refractivity (Wildman–Crippen MR) is 241 cm³/mol. The Morgan fingerprint density at radius 1 is 0.661 bits per heavy atom. The third-order valence-corrected chi connectivity index (χ3v) is 12.3. The second-order valence-electron chi connectivity index (χ2n) is 13.5. The van der Waals surface area contributed by atoms with Crippen molar-refractivity contribution in [2.24, 2.45) is 0 Å². The number of aromatic nitrogens is 4. The molecule has 2 aliphatic heterocycles. The van der Waals surface area contributed by atoms with Crippen LogP contribution in [0.3, 0.4) is 0 Å². The monoisotopic (exact) mass is 863 g/mol. The van der Waals surface area contributed by atoms with Crippen LogP contribution in [0.25, 0.3) is 0 Å². The van der Waals surface area contributed by atoms with Crippen molar-refractivity contribution < 1.29 is 9.59 Å². The van der Waals surface area contributed by atoms with E-state index in [9.17, 15) is 9.59 Å². The molecule has 4 aromatic carbocycles. The molecule has 0 atom stereocenters. The molecule has 1 N–H and O–H groups in total. The van der Waals surface area contributed by atoms with Gasteiger partial charge in [-0.1, -0.05) is 146 Å². The van der Waals surface area contributed by atoms with Crippen LogP contribution in [-0.4, -0.2) is 63.1 Å². The summed E-state index contributed by atoms with van der Waals surface area (Å²) < 4.78 is 0. The second-order valence-corrected chi connectivity index (χ2v) is 16.2. The smallest absolute Gasteiger partial charge is 0.302 e. The van der Waals surface area contributed by atoms with Crippen LogP contribution in [0.5, 0.6) is 0 Å². The van der Waals surface area contributed by atoms with Crippen molar-refractivity contribution in [3.63, 3.8) is 0 Å². The van der Waals surface area contributed by atoms with E-state index in [-0.39, 0.29) is 12.1 Å². The van der Waals surface area contributed by atoms with Gasteiger partial charge < -0.3 is 4.90 Å². The molecule has 8 rings (SSSR count). The number of amides is 4. The third-order valence-electron chi connectivity index (χ3n) is 9.75. The Morgan fingerprint density at radius 3 is 1.75 bits per heavy atom. The van der Waals surface area contributed by atoms with E-state index in [0.717, 1.165) is 42.3 Å². The van der Waals surface area contributed by atoms with Crippen LogP contribution in [0, 0.1) is 0 Å². The molecule has 0 saturated carbocycles. The molecule has 0 saturated heterocycles. The number of nitrogens with one attached hydrogen (secondary N) is 1. The van der Waals surface area contributed by atoms with Gasteiger partial charge in [0.15, 0.2) is 10.3 Å². The molecule has 0 radical (unpaired) electrons. The van der Waals surface area contributed by atoms with E-state index in [2.05, 4.69) is 63.3 Å². The molecule has 15 heteroatoms. The van der Waals surface area contributed by atoms with E-state index in [1.807, 2.05) is 79.0 Å². The van der Waals surface area contributed by atoms with Crippen molar-refractivity contribution in [2.45, 2.75) is 48.8 Å². The lowest BCUT2D eigenvalue weighted by molar-refractivity contribution is 0.246. The molecule has 302 valence electrons. The minimum absolute atomic E-state index is 0.111. The highest BCUT2D eigenvalue weighted by molar-refractivity contribution is 7.98. The normalized spacial score (nSPS) is 13.4. The van der Waals surface area contributed by atoms with Gasteiger partial charge in [-0.05, 0) is 48.5 Å². The molecule has 6 aromatic rings. The minimum atomic E-state index is -0.247. The summed E-state index contributed by atoms with van der Waals surface area (Å²) in [6, 6.07) is 34.7. The lowest BCUT2D eigenvalue weighted by Gasteiger charge is -2.37. The summed E-state index contributed by atoms with van der Waals surface area (Å²) in [5, 5.41) is 5.23. The van der Waals surface area contributed by atoms with Crippen molar-refractivity contribution in [2.75, 3.05) is 46.2 Å². The Kier molecular flexibility index (Phi) is 14.4. The average Bonchev–Trinajstić information content (AvgIpc) is 3.27. The first kappa shape index (κ1) is 42.0. The number of carbonyl (C=O) groups is 2. The maximum Gasteiger partial charge on any atom is 0.330 e. The predicted octanol–water partition coefficient (Wildman–Crippen LogP) is 10.7. The van der Waals surface area contributed by atoms with E-state index in [0.29, 0.717) is 63.0 Å². The van der Waals surface area contributed by atoms with Crippen LogP contribution < -0.4 is 20.0 Å². The van der Waals surface area contributed by atoms with Crippen LogP contribution in [-0.2, 0) is 24.6 Å². The zero-order chi connectivity index (χ0) is 41.1. The Hall–Kier alpha value is -5.18. The van der Waals surface area contributed by atoms with E-state index in [1.54, 1.807) is 44.8 Å². The van der Waals surface area contributed by atoms with Crippen molar-refractivity contribution in [1.29, 1.82) is 0 Å². The number of para-hydroxylation sites is 2. The van der Waals surface area contributed by atoms with Gasteiger partial charge in [-0.15, -0.1) is 0 Å². The fourth-order valence-corrected chi connectivity index (χ4v) is 8.53. The Bertz CT molecular complexity index is 2370. The fourth-order valence-electron chi connectivity index (χ4n) is 6.52. The number of halogens is 2. The van der Waals surface area contributed by atoms with Gasteiger partial charge in [0.2, 0.25) is 0 Å². The largest absolute Gasteiger partial charge is 0.330 e. The van der Waals surface area contributed by atoms with Crippen LogP contribution in [0.2, 0.25) is 10.0 Å². The van der Waals surface area contributed by atoms with Gasteiger partial charge in [0, 0.05) is 48.1 Å². The van der Waals surface area contributed by atoms with Gasteiger partial charge in [-0.2, -0.15) is 0 Å². The Balaban J connectivity index is 0.000000184. The first-order valence-electron chi connectivity index (χ1n) is 19.3. The van der Waals surface area contributed by atoms with Gasteiger partial charge in [0.25, 0.3) is 0 Å². The zero-order valence-electron chi connectivity index (χ0n) is 32.7. The quantitative estimate of drug-likeness (QED) is 0.0896. The van der Waals surface area contributed by atoms with Crippen molar-refractivity contribution in [3.05, 3.63) is 154 Å². The van der Waals surface area contributed by atoms with Gasteiger partial charge in [0.05, 0.1) is 34.5 Å². The maximum atomic E-state index is 13.6. The summed E-state index contributed by atoms with van der Waals surface area (Å²) in [7, 11) is 0. The molecular weight excluding hydrogens is 822 g/mol. The number of nitrogens with zero attached hydrogens (tertiary/aromatic N) is 8. The number of anilines is 4. The van der Waals surface area contributed by atoms with E-state index < -0.39 is 0 Å². The highest BCUT2D eigenvalue weighted by Crippen LogP contribution is 2.36. The number of rotatable bonds is 13. The minimum Gasteiger partial charge on any atom is -0.302 e. The van der Waals surface area contributed by atoms with Gasteiger partial charge in [-0.3, -0.25) is 20.0 Å². The first-order valence-corrected chi connectivity index (χ1v) is 22.0. The number of fused-ring (bicyclic) bond motifs is 2. The molecule has 0 bridgehead atoms. The molecule has 0 unspecified atom stereocenters. The Morgan fingerprint density at radius 2 is 1.17 bits per heavy atom. The lowest BCUT2D eigenvalue weighted by atomic mass is 10.2. The van der Waals surface area contributed by atoms with Crippen molar-refractivity contribution >= 4 is 81.8 Å². The highest BCUT2D eigenvalue weighted by Gasteiger charge is 2.34. The summed E-state index contributed by atoms with van der Waals surface area (Å²) in [4.78, 5) is 51.8. The van der Waals surface area contributed by atoms with Crippen LogP contribution in [0.15, 0.2) is 132 Å². The standard InChI is InChI=1S/C25H28ClN5OS.C19H15ClN4OS/c1-3-29(4-2)14-15-30-23-20(17-31(25(30)32)22-13-9-8-12-21(22)26)16-27-24(28-23)33-18-19-10-6-5-7-11-19;20-15-8-4-5-9-16(15)24-11-14-10-21-18(22-17(14)23-19(24)25)26-12-13-6-2-1-3-7-13/h5-13,16H,3-4,14-15,17-18H2,1-2H3;1-10H,11-12H2,(H,21,22,23,25). The number of hydrogen-bond donors (Lipinski definition) is 1. The number of carbonyl (C=O) groups excluding carboxylic acids is 2. The van der Waals surface area contributed by atoms with E-state index in [1.165, 1.54) is 22.9 Å². The highest BCUT2D eigenvalue weighted by atomic mass is 35.5. The number of benzene rings is 4. The summed E-state index contributed by atoms with van der Waals surface area (Å²) in [6.45, 7) is 8.22. The molecule has 4 heterocycles. The SMILES string of the molecule is CCN(CC)CCN1C(=O)N(c2ccccc2Cl)Cc2cnc(SCc3ccccc3)nc21.O=C1Nc2nc(SCc3ccccc3)ncc2CN1c1ccccc1Cl. The zero-order valence-corrected chi connectivity index (χ0v) is 35.8. The summed E-state index contributed by atoms with van der Waals surface area (Å²) in [5.41, 5.74) is 5.55. The molecule has 0 spiro atoms. The first-order chi connectivity index (χ1) is 28.8. The molecule has 2 aliphatic rings. The number of urea groups is 2. The van der Waals surface area contributed by atoms with Crippen LogP contribution in [0.4, 0.5) is 32.6 Å². The van der Waals surface area contributed by atoms with Gasteiger partial charge >= 0.3 is 12.1 Å². The molecule has 59 heavy (non-hydrogen) atoms.